The van der Waals surface area contributed by atoms with Gasteiger partial charge < -0.3 is 10.2 Å². The second kappa shape index (κ2) is 6.87. The molecule has 2 aromatic rings. The quantitative estimate of drug-likeness (QED) is 0.932. The highest BCUT2D eigenvalue weighted by atomic mass is 32.1. The summed E-state index contributed by atoms with van der Waals surface area (Å²) in [5.74, 6) is 0. The normalized spacial score (nSPS) is 16.0. The summed E-state index contributed by atoms with van der Waals surface area (Å²) in [6.45, 7) is 4.10. The monoisotopic (exact) mass is 320 g/mol. The molecule has 118 valence electrons. The second-order valence-corrected chi connectivity index (χ2v) is 6.53. The van der Waals surface area contributed by atoms with Gasteiger partial charge in [0.05, 0.1) is 12.6 Å². The molecule has 0 saturated carbocycles. The van der Waals surface area contributed by atoms with Gasteiger partial charge in [-0.05, 0) is 19.3 Å². The molecule has 0 aliphatic carbocycles. The van der Waals surface area contributed by atoms with Gasteiger partial charge in [0.1, 0.15) is 17.7 Å². The van der Waals surface area contributed by atoms with Crippen LogP contribution in [0.5, 0.6) is 0 Å². The highest BCUT2D eigenvalue weighted by Crippen LogP contribution is 2.21. The fourth-order valence-corrected chi connectivity index (χ4v) is 3.40. The average molecular weight is 320 g/mol. The Labute approximate surface area is 133 Å². The number of carbonyl (C=O) groups excluding carboxylic acids is 1. The number of thiazole rings is 1. The van der Waals surface area contributed by atoms with Crippen molar-refractivity contribution in [2.75, 3.05) is 13.1 Å². The predicted molar refractivity (Wildman–Crippen MR) is 83.6 cm³/mol. The summed E-state index contributed by atoms with van der Waals surface area (Å²) in [6.07, 6.45) is 7.99. The number of carbonyl (C=O) groups is 1. The van der Waals surface area contributed by atoms with E-state index in [-0.39, 0.29) is 6.03 Å². The number of piperidine rings is 1. The zero-order valence-electron chi connectivity index (χ0n) is 12.6. The number of nitrogens with zero attached hydrogens (tertiary/aromatic N) is 5. The van der Waals surface area contributed by atoms with Crippen LogP contribution in [-0.4, -0.2) is 43.8 Å². The molecule has 1 aliphatic rings. The van der Waals surface area contributed by atoms with E-state index in [0.29, 0.717) is 12.6 Å². The van der Waals surface area contributed by atoms with E-state index >= 15 is 0 Å². The number of hydrogen-bond acceptors (Lipinski definition) is 5. The summed E-state index contributed by atoms with van der Waals surface area (Å²) in [5, 5.41) is 8.09. The molecule has 3 heterocycles. The zero-order chi connectivity index (χ0) is 15.4. The van der Waals surface area contributed by atoms with E-state index in [1.54, 1.807) is 24.0 Å². The smallest absolute Gasteiger partial charge is 0.317 e. The number of aromatic nitrogens is 4. The van der Waals surface area contributed by atoms with Gasteiger partial charge in [0.15, 0.2) is 0 Å². The van der Waals surface area contributed by atoms with Gasteiger partial charge in [-0.1, -0.05) is 6.92 Å². The van der Waals surface area contributed by atoms with Crippen molar-refractivity contribution in [1.82, 2.24) is 30.0 Å². The molecule has 1 fully saturated rings. The molecule has 1 N–H and O–H groups in total. The summed E-state index contributed by atoms with van der Waals surface area (Å²) >= 11 is 1.66. The maximum atomic E-state index is 12.2. The van der Waals surface area contributed by atoms with Crippen LogP contribution in [0.1, 0.15) is 35.7 Å². The first kappa shape index (κ1) is 15.0. The fraction of sp³-hybridized carbons (Fsp3) is 0.571. The van der Waals surface area contributed by atoms with Crippen molar-refractivity contribution < 1.29 is 4.79 Å². The Balaban J connectivity index is 1.45. The van der Waals surface area contributed by atoms with Crippen molar-refractivity contribution >= 4 is 17.4 Å². The molecule has 0 bridgehead atoms. The van der Waals surface area contributed by atoms with Crippen LogP contribution in [0.4, 0.5) is 4.79 Å². The molecule has 22 heavy (non-hydrogen) atoms. The number of aryl methyl sites for hydroxylation is 1. The molecule has 0 aromatic carbocycles. The lowest BCUT2D eigenvalue weighted by Gasteiger charge is -2.31. The lowest BCUT2D eigenvalue weighted by atomic mass is 10.1. The highest BCUT2D eigenvalue weighted by molar-refractivity contribution is 7.11. The van der Waals surface area contributed by atoms with Crippen LogP contribution in [0.25, 0.3) is 0 Å². The molecule has 3 rings (SSSR count). The fourth-order valence-electron chi connectivity index (χ4n) is 2.60. The summed E-state index contributed by atoms with van der Waals surface area (Å²) < 4.78 is 1.89. The highest BCUT2D eigenvalue weighted by Gasteiger charge is 2.24. The van der Waals surface area contributed by atoms with Crippen LogP contribution < -0.4 is 5.32 Å². The van der Waals surface area contributed by atoms with E-state index in [0.717, 1.165) is 37.4 Å². The van der Waals surface area contributed by atoms with Crippen molar-refractivity contribution in [2.45, 2.75) is 38.8 Å². The summed E-state index contributed by atoms with van der Waals surface area (Å²) in [6, 6.07) is 0.336. The van der Waals surface area contributed by atoms with Gasteiger partial charge in [-0.25, -0.2) is 19.4 Å². The third-order valence-corrected chi connectivity index (χ3v) is 5.04. The van der Waals surface area contributed by atoms with Crippen molar-refractivity contribution in [3.8, 4) is 0 Å². The SMILES string of the molecule is CCc1cnc(CNC(=O)N2CCC(n3cncn3)CC2)s1. The van der Waals surface area contributed by atoms with E-state index in [4.69, 9.17) is 0 Å². The van der Waals surface area contributed by atoms with Crippen molar-refractivity contribution in [2.24, 2.45) is 0 Å². The molecule has 0 atom stereocenters. The van der Waals surface area contributed by atoms with Gasteiger partial charge in [-0.15, -0.1) is 11.3 Å². The Kier molecular flexibility index (Phi) is 4.67. The van der Waals surface area contributed by atoms with Gasteiger partial charge in [0.2, 0.25) is 0 Å². The number of rotatable bonds is 4. The van der Waals surface area contributed by atoms with Gasteiger partial charge in [-0.2, -0.15) is 5.10 Å². The van der Waals surface area contributed by atoms with E-state index in [2.05, 4.69) is 27.3 Å². The number of nitrogens with one attached hydrogen (secondary N) is 1. The Bertz CT molecular complexity index is 603. The number of urea groups is 1. The minimum Gasteiger partial charge on any atom is -0.331 e. The van der Waals surface area contributed by atoms with Crippen LogP contribution in [0.15, 0.2) is 18.9 Å². The predicted octanol–water partition coefficient (Wildman–Crippen LogP) is 1.84. The van der Waals surface area contributed by atoms with Crippen molar-refractivity contribution in [3.63, 3.8) is 0 Å². The van der Waals surface area contributed by atoms with Crippen LogP contribution in [0.3, 0.4) is 0 Å². The first-order valence-corrected chi connectivity index (χ1v) is 8.38. The Hall–Kier alpha value is -1.96. The summed E-state index contributed by atoms with van der Waals surface area (Å²) in [7, 11) is 0. The third kappa shape index (κ3) is 3.44. The van der Waals surface area contributed by atoms with Crippen LogP contribution in [0.2, 0.25) is 0 Å². The van der Waals surface area contributed by atoms with Crippen LogP contribution in [0, 0.1) is 0 Å². The molecule has 2 amide bonds. The molecule has 7 nitrogen and oxygen atoms in total. The molecule has 0 spiro atoms. The summed E-state index contributed by atoms with van der Waals surface area (Å²) in [4.78, 5) is 23.6. The maximum absolute atomic E-state index is 12.2. The summed E-state index contributed by atoms with van der Waals surface area (Å²) in [5.41, 5.74) is 0. The molecule has 1 aliphatic heterocycles. The first-order chi connectivity index (χ1) is 10.8. The van der Waals surface area contributed by atoms with Gasteiger partial charge in [-0.3, -0.25) is 0 Å². The van der Waals surface area contributed by atoms with E-state index in [9.17, 15) is 4.79 Å². The lowest BCUT2D eigenvalue weighted by molar-refractivity contribution is 0.168. The molecule has 8 heteroatoms. The molecule has 0 radical (unpaired) electrons. The van der Waals surface area contributed by atoms with Gasteiger partial charge >= 0.3 is 6.03 Å². The second-order valence-electron chi connectivity index (χ2n) is 5.33. The van der Waals surface area contributed by atoms with Crippen LogP contribution in [-0.2, 0) is 13.0 Å². The standard InChI is InChI=1S/C14H20N6OS/c1-2-12-7-16-13(22-12)8-17-14(21)19-5-3-11(4-6-19)20-10-15-9-18-20/h7,9-11H,2-6,8H2,1H3,(H,17,21). The topological polar surface area (TPSA) is 75.9 Å². The largest absolute Gasteiger partial charge is 0.331 e. The van der Waals surface area contributed by atoms with Gasteiger partial charge in [0.25, 0.3) is 0 Å². The van der Waals surface area contributed by atoms with Gasteiger partial charge in [0, 0.05) is 24.2 Å². The van der Waals surface area contributed by atoms with E-state index in [1.165, 1.54) is 4.88 Å². The first-order valence-electron chi connectivity index (χ1n) is 7.56. The average Bonchev–Trinajstić information content (AvgIpc) is 3.24. The Morgan fingerprint density at radius 2 is 2.27 bits per heavy atom. The van der Waals surface area contributed by atoms with Crippen molar-refractivity contribution in [1.29, 1.82) is 0 Å². The minimum absolute atomic E-state index is 0.00899. The van der Waals surface area contributed by atoms with E-state index < -0.39 is 0 Å². The van der Waals surface area contributed by atoms with Crippen molar-refractivity contribution in [3.05, 3.63) is 28.7 Å². The minimum atomic E-state index is -0.00899. The molecule has 2 aromatic heterocycles. The third-order valence-electron chi connectivity index (χ3n) is 3.90. The van der Waals surface area contributed by atoms with Crippen LogP contribution >= 0.6 is 11.3 Å². The number of likely N-dealkylation sites (tertiary alicyclic amines) is 1. The lowest BCUT2D eigenvalue weighted by Crippen LogP contribution is -2.44. The number of hydrogen-bond donors (Lipinski definition) is 1. The molecular weight excluding hydrogens is 300 g/mol. The Morgan fingerprint density at radius 3 is 2.91 bits per heavy atom. The van der Waals surface area contributed by atoms with E-state index in [1.807, 2.05) is 15.8 Å². The maximum Gasteiger partial charge on any atom is 0.317 e. The molecule has 1 saturated heterocycles. The Morgan fingerprint density at radius 1 is 1.45 bits per heavy atom. The number of amides is 2. The molecule has 0 unspecified atom stereocenters. The molecular formula is C14H20N6OS. The zero-order valence-corrected chi connectivity index (χ0v) is 13.4.